The number of benzene rings is 1. The number of rotatable bonds is 10. The zero-order chi connectivity index (χ0) is 18.6. The lowest BCUT2D eigenvalue weighted by atomic mass is 10.2. The number of halogens is 1. The first-order valence-electron chi connectivity index (χ1n) is 9.30. The average Bonchev–Trinajstić information content (AvgIpc) is 3.16. The van der Waals surface area contributed by atoms with Crippen LogP contribution < -0.4 is 15.4 Å². The van der Waals surface area contributed by atoms with Crippen molar-refractivity contribution in [2.45, 2.75) is 38.8 Å². The van der Waals surface area contributed by atoms with Crippen LogP contribution in [0.4, 0.5) is 0 Å². The van der Waals surface area contributed by atoms with Gasteiger partial charge in [-0.05, 0) is 43.9 Å². The molecule has 0 amide bonds. The summed E-state index contributed by atoms with van der Waals surface area (Å²) in [6.07, 6.45) is 3.43. The zero-order valence-corrected chi connectivity index (χ0v) is 18.5. The molecule has 1 aromatic carbocycles. The van der Waals surface area contributed by atoms with E-state index in [2.05, 4.69) is 15.6 Å². The monoisotopic (exact) mass is 493 g/mol. The Labute approximate surface area is 178 Å². The molecule has 7 nitrogen and oxygen atoms in total. The SMILES string of the molecule is CCNC(=NCc1ccc(OC)c(O)c1)NCCCOCC1CCCO1.I. The van der Waals surface area contributed by atoms with E-state index in [-0.39, 0.29) is 35.8 Å². The number of guanidine groups is 1. The quantitative estimate of drug-likeness (QED) is 0.201. The van der Waals surface area contributed by atoms with Gasteiger partial charge in [-0.1, -0.05) is 6.07 Å². The number of nitrogens with zero attached hydrogens (tertiary/aromatic N) is 1. The third kappa shape index (κ3) is 8.98. The van der Waals surface area contributed by atoms with Gasteiger partial charge in [-0.25, -0.2) is 4.99 Å². The molecule has 0 aliphatic carbocycles. The van der Waals surface area contributed by atoms with E-state index < -0.39 is 0 Å². The van der Waals surface area contributed by atoms with E-state index in [9.17, 15) is 5.11 Å². The highest BCUT2D eigenvalue weighted by Gasteiger charge is 2.14. The fraction of sp³-hybridized carbons (Fsp3) is 0.632. The molecule has 154 valence electrons. The topological polar surface area (TPSA) is 84.3 Å². The van der Waals surface area contributed by atoms with Crippen LogP contribution in [-0.2, 0) is 16.0 Å². The standard InChI is InChI=1S/C19H31N3O4.HI/c1-3-20-19(21-9-5-10-25-14-16-6-4-11-26-16)22-13-15-7-8-18(24-2)17(23)12-15;/h7-8,12,16,23H,3-6,9-11,13-14H2,1-2H3,(H2,20,21,22);1H. The van der Waals surface area contributed by atoms with Crippen molar-refractivity contribution in [3.05, 3.63) is 23.8 Å². The normalized spacial score (nSPS) is 16.7. The Balaban J connectivity index is 0.00000364. The lowest BCUT2D eigenvalue weighted by Crippen LogP contribution is -2.38. The predicted molar refractivity (Wildman–Crippen MR) is 117 cm³/mol. The van der Waals surface area contributed by atoms with Gasteiger partial charge in [0.1, 0.15) is 0 Å². The number of aromatic hydroxyl groups is 1. The summed E-state index contributed by atoms with van der Waals surface area (Å²) >= 11 is 0. The fourth-order valence-corrected chi connectivity index (χ4v) is 2.72. The maximum Gasteiger partial charge on any atom is 0.191 e. The van der Waals surface area contributed by atoms with Crippen molar-refractivity contribution in [1.82, 2.24) is 10.6 Å². The molecular weight excluding hydrogens is 461 g/mol. The predicted octanol–water partition coefficient (Wildman–Crippen LogP) is 2.66. The molecule has 1 aliphatic rings. The minimum atomic E-state index is 0. The van der Waals surface area contributed by atoms with E-state index >= 15 is 0 Å². The van der Waals surface area contributed by atoms with Crippen LogP contribution in [0, 0.1) is 0 Å². The summed E-state index contributed by atoms with van der Waals surface area (Å²) in [7, 11) is 1.53. The van der Waals surface area contributed by atoms with Crippen LogP contribution in [0.2, 0.25) is 0 Å². The largest absolute Gasteiger partial charge is 0.504 e. The smallest absolute Gasteiger partial charge is 0.191 e. The van der Waals surface area contributed by atoms with Gasteiger partial charge < -0.3 is 30.0 Å². The third-order valence-corrected chi connectivity index (χ3v) is 4.09. The Morgan fingerprint density at radius 2 is 2.22 bits per heavy atom. The molecule has 0 bridgehead atoms. The number of phenolic OH excluding ortho intramolecular Hbond substituents is 1. The highest BCUT2D eigenvalue weighted by molar-refractivity contribution is 14.0. The third-order valence-electron chi connectivity index (χ3n) is 4.09. The molecule has 0 spiro atoms. The first-order valence-corrected chi connectivity index (χ1v) is 9.30. The van der Waals surface area contributed by atoms with Gasteiger partial charge in [-0.3, -0.25) is 0 Å². The molecule has 1 aliphatic heterocycles. The van der Waals surface area contributed by atoms with E-state index in [1.54, 1.807) is 12.1 Å². The minimum absolute atomic E-state index is 0. The van der Waals surface area contributed by atoms with Crippen molar-refractivity contribution in [3.8, 4) is 11.5 Å². The van der Waals surface area contributed by atoms with Gasteiger partial charge >= 0.3 is 0 Å². The molecule has 2 rings (SSSR count). The molecular formula is C19H32IN3O4. The Kier molecular flexibility index (Phi) is 12.2. The molecule has 8 heteroatoms. The van der Waals surface area contributed by atoms with E-state index in [1.807, 2.05) is 13.0 Å². The number of phenols is 1. The van der Waals surface area contributed by atoms with Crippen LogP contribution in [0.15, 0.2) is 23.2 Å². The van der Waals surface area contributed by atoms with Crippen molar-refractivity contribution in [1.29, 1.82) is 0 Å². The second-order valence-corrected chi connectivity index (χ2v) is 6.19. The molecule has 27 heavy (non-hydrogen) atoms. The van der Waals surface area contributed by atoms with E-state index in [1.165, 1.54) is 7.11 Å². The lowest BCUT2D eigenvalue weighted by molar-refractivity contribution is 0.0168. The maximum absolute atomic E-state index is 9.83. The van der Waals surface area contributed by atoms with Crippen LogP contribution in [0.5, 0.6) is 11.5 Å². The number of nitrogens with one attached hydrogen (secondary N) is 2. The van der Waals surface area contributed by atoms with E-state index in [4.69, 9.17) is 14.2 Å². The van der Waals surface area contributed by atoms with Crippen molar-refractivity contribution < 1.29 is 19.3 Å². The molecule has 1 heterocycles. The molecule has 1 saturated heterocycles. The van der Waals surface area contributed by atoms with Gasteiger partial charge in [0.05, 0.1) is 26.4 Å². The van der Waals surface area contributed by atoms with Crippen LogP contribution in [0.3, 0.4) is 0 Å². The highest BCUT2D eigenvalue weighted by Crippen LogP contribution is 2.26. The first-order chi connectivity index (χ1) is 12.7. The molecule has 3 N–H and O–H groups in total. The lowest BCUT2D eigenvalue weighted by Gasteiger charge is -2.13. The van der Waals surface area contributed by atoms with Gasteiger partial charge in [0.15, 0.2) is 17.5 Å². The average molecular weight is 493 g/mol. The van der Waals surface area contributed by atoms with E-state index in [0.29, 0.717) is 25.5 Å². The van der Waals surface area contributed by atoms with Gasteiger partial charge in [0, 0.05) is 26.3 Å². The van der Waals surface area contributed by atoms with E-state index in [0.717, 1.165) is 50.5 Å². The molecule has 0 aromatic heterocycles. The molecule has 1 fully saturated rings. The number of methoxy groups -OCH3 is 1. The Morgan fingerprint density at radius 1 is 1.37 bits per heavy atom. The van der Waals surface area contributed by atoms with Gasteiger partial charge in [-0.15, -0.1) is 24.0 Å². The van der Waals surface area contributed by atoms with Crippen LogP contribution in [0.1, 0.15) is 31.7 Å². The second-order valence-electron chi connectivity index (χ2n) is 6.19. The molecule has 0 saturated carbocycles. The van der Waals surface area contributed by atoms with Crippen molar-refractivity contribution in [2.75, 3.05) is 40.0 Å². The Morgan fingerprint density at radius 3 is 2.89 bits per heavy atom. The van der Waals surface area contributed by atoms with Crippen molar-refractivity contribution in [2.24, 2.45) is 4.99 Å². The Hall–Kier alpha value is -1.26. The molecule has 1 aromatic rings. The van der Waals surface area contributed by atoms with Gasteiger partial charge in [0.25, 0.3) is 0 Å². The van der Waals surface area contributed by atoms with Crippen LogP contribution >= 0.6 is 24.0 Å². The van der Waals surface area contributed by atoms with Gasteiger partial charge in [-0.2, -0.15) is 0 Å². The van der Waals surface area contributed by atoms with Crippen LogP contribution in [0.25, 0.3) is 0 Å². The van der Waals surface area contributed by atoms with Crippen molar-refractivity contribution >= 4 is 29.9 Å². The zero-order valence-electron chi connectivity index (χ0n) is 16.2. The molecule has 1 unspecified atom stereocenters. The summed E-state index contributed by atoms with van der Waals surface area (Å²) in [4.78, 5) is 4.54. The maximum atomic E-state index is 9.83. The first kappa shape index (κ1) is 23.8. The second kappa shape index (κ2) is 13.8. The summed E-state index contributed by atoms with van der Waals surface area (Å²) in [5, 5.41) is 16.3. The summed E-state index contributed by atoms with van der Waals surface area (Å²) in [6.45, 7) is 6.34. The number of hydrogen-bond acceptors (Lipinski definition) is 5. The number of ether oxygens (including phenoxy) is 3. The van der Waals surface area contributed by atoms with Crippen LogP contribution in [-0.4, -0.2) is 57.2 Å². The molecule has 1 atom stereocenters. The highest BCUT2D eigenvalue weighted by atomic mass is 127. The summed E-state index contributed by atoms with van der Waals surface area (Å²) < 4.78 is 16.2. The number of aliphatic imine (C=N–C) groups is 1. The Bertz CT molecular complexity index is 566. The summed E-state index contributed by atoms with van der Waals surface area (Å²) in [5.41, 5.74) is 0.917. The summed E-state index contributed by atoms with van der Waals surface area (Å²) in [6, 6.07) is 5.31. The number of hydrogen-bond donors (Lipinski definition) is 3. The fourth-order valence-electron chi connectivity index (χ4n) is 2.72. The summed E-state index contributed by atoms with van der Waals surface area (Å²) in [5.74, 6) is 1.34. The molecule has 0 radical (unpaired) electrons. The minimum Gasteiger partial charge on any atom is -0.504 e. The van der Waals surface area contributed by atoms with Crippen molar-refractivity contribution in [3.63, 3.8) is 0 Å². The van der Waals surface area contributed by atoms with Gasteiger partial charge in [0.2, 0.25) is 0 Å².